The molecule has 3 aliphatic rings. The summed E-state index contributed by atoms with van der Waals surface area (Å²) < 4.78 is 11.8. The topological polar surface area (TPSA) is 42.0 Å². The fourth-order valence-corrected chi connectivity index (χ4v) is 3.92. The molecular weight excluding hydrogens is 288 g/mol. The first kappa shape index (κ1) is 16.9. The van der Waals surface area contributed by atoms with Gasteiger partial charge in [0.2, 0.25) is 0 Å². The number of fused-ring (bicyclic) bond motifs is 2. The quantitative estimate of drug-likeness (QED) is 0.540. The van der Waals surface area contributed by atoms with Gasteiger partial charge in [-0.15, -0.1) is 0 Å². The maximum Gasteiger partial charge on any atom is 0.100 e. The normalized spacial score (nSPS) is 43.6. The Kier molecular flexibility index (Phi) is 4.82. The molecule has 0 aromatic rings. The van der Waals surface area contributed by atoms with Gasteiger partial charge in [-0.2, -0.15) is 0 Å². The Labute approximate surface area is 140 Å². The van der Waals surface area contributed by atoms with Crippen LogP contribution in [0.2, 0.25) is 0 Å². The van der Waals surface area contributed by atoms with Gasteiger partial charge in [-0.3, -0.25) is 0 Å². The van der Waals surface area contributed by atoms with Crippen LogP contribution in [-0.2, 0) is 9.47 Å². The van der Waals surface area contributed by atoms with Crippen molar-refractivity contribution in [3.05, 3.63) is 34.4 Å². The number of aliphatic hydroxyl groups is 1. The lowest BCUT2D eigenvalue weighted by molar-refractivity contribution is 0.127. The monoisotopic (exact) mass is 318 g/mol. The zero-order valence-electron chi connectivity index (χ0n) is 14.9. The summed E-state index contributed by atoms with van der Waals surface area (Å²) in [5, 5.41) is 10.7. The van der Waals surface area contributed by atoms with E-state index in [4.69, 9.17) is 9.47 Å². The SMILES string of the molecule is CC1=C2[C@@H](O)C/C(C)=C/CC[C@]3(C)O[C@H]3CC/C(C)=C/[C@H]2OC1. The lowest BCUT2D eigenvalue weighted by Crippen LogP contribution is -2.20. The van der Waals surface area contributed by atoms with E-state index in [-0.39, 0.29) is 11.7 Å². The molecule has 23 heavy (non-hydrogen) atoms. The number of hydrogen-bond acceptors (Lipinski definition) is 3. The molecule has 0 radical (unpaired) electrons. The van der Waals surface area contributed by atoms with Crippen LogP contribution >= 0.6 is 0 Å². The minimum Gasteiger partial charge on any atom is -0.388 e. The predicted molar refractivity (Wildman–Crippen MR) is 92.3 cm³/mol. The van der Waals surface area contributed by atoms with Crippen LogP contribution in [0.4, 0.5) is 0 Å². The molecule has 3 rings (SSSR count). The van der Waals surface area contributed by atoms with Crippen LogP contribution in [0.25, 0.3) is 0 Å². The van der Waals surface area contributed by atoms with Crippen LogP contribution in [0.3, 0.4) is 0 Å². The lowest BCUT2D eigenvalue weighted by atomic mass is 9.91. The van der Waals surface area contributed by atoms with Crippen LogP contribution in [0, 0.1) is 0 Å². The zero-order chi connectivity index (χ0) is 16.6. The van der Waals surface area contributed by atoms with E-state index in [2.05, 4.69) is 39.8 Å². The zero-order valence-corrected chi connectivity index (χ0v) is 14.9. The van der Waals surface area contributed by atoms with E-state index in [1.54, 1.807) is 0 Å². The summed E-state index contributed by atoms with van der Waals surface area (Å²) in [6.07, 6.45) is 9.26. The number of allylic oxidation sites excluding steroid dienone is 2. The van der Waals surface area contributed by atoms with Crippen molar-refractivity contribution in [3.63, 3.8) is 0 Å². The van der Waals surface area contributed by atoms with Crippen LogP contribution < -0.4 is 0 Å². The minimum absolute atomic E-state index is 0.0608. The van der Waals surface area contributed by atoms with Crippen molar-refractivity contribution in [2.24, 2.45) is 0 Å². The number of ether oxygens (including phenoxy) is 2. The van der Waals surface area contributed by atoms with Gasteiger partial charge in [-0.05, 0) is 70.9 Å². The number of rotatable bonds is 0. The van der Waals surface area contributed by atoms with Gasteiger partial charge in [0.1, 0.15) is 6.10 Å². The molecule has 1 aliphatic carbocycles. The van der Waals surface area contributed by atoms with Crippen molar-refractivity contribution >= 4 is 0 Å². The Morgan fingerprint density at radius 3 is 2.78 bits per heavy atom. The van der Waals surface area contributed by atoms with Crippen molar-refractivity contribution in [1.82, 2.24) is 0 Å². The molecule has 0 saturated carbocycles. The van der Waals surface area contributed by atoms with Crippen molar-refractivity contribution in [2.45, 2.75) is 83.7 Å². The molecule has 1 N–H and O–H groups in total. The highest BCUT2D eigenvalue weighted by Crippen LogP contribution is 2.44. The fourth-order valence-electron chi connectivity index (χ4n) is 3.92. The minimum atomic E-state index is -0.439. The molecule has 0 aromatic carbocycles. The average Bonchev–Trinajstić information content (AvgIpc) is 2.97. The Morgan fingerprint density at radius 2 is 2.00 bits per heavy atom. The molecule has 3 heteroatoms. The van der Waals surface area contributed by atoms with Gasteiger partial charge >= 0.3 is 0 Å². The first-order chi connectivity index (χ1) is 10.9. The molecule has 1 saturated heterocycles. The molecule has 128 valence electrons. The summed E-state index contributed by atoms with van der Waals surface area (Å²) in [7, 11) is 0. The molecule has 0 amide bonds. The standard InChI is InChI=1S/C20H30O3/c1-13-6-5-9-20(4)18(23-20)8-7-14(2)11-17-19(16(21)10-13)15(3)12-22-17/h6,11,16-18,21H,5,7-10,12H2,1-4H3/b13-6+,14-11+/t16-,17+,18-,20-/m0/s1. The van der Waals surface area contributed by atoms with Crippen LogP contribution in [-0.4, -0.2) is 35.6 Å². The van der Waals surface area contributed by atoms with Crippen molar-refractivity contribution in [2.75, 3.05) is 6.61 Å². The third-order valence-corrected chi connectivity index (χ3v) is 5.56. The van der Waals surface area contributed by atoms with E-state index in [1.807, 2.05) is 0 Å². The Hall–Kier alpha value is -0.900. The number of hydrogen-bond donors (Lipinski definition) is 1. The summed E-state index contributed by atoms with van der Waals surface area (Å²) in [4.78, 5) is 0. The second-order valence-corrected chi connectivity index (χ2v) is 7.75. The summed E-state index contributed by atoms with van der Waals surface area (Å²) in [5.74, 6) is 0. The third kappa shape index (κ3) is 3.78. The molecular formula is C20H30O3. The number of aliphatic hydroxyl groups excluding tert-OH is 1. The van der Waals surface area contributed by atoms with Gasteiger partial charge in [0.15, 0.2) is 0 Å². The second kappa shape index (κ2) is 6.54. The highest BCUT2D eigenvalue weighted by Gasteiger charge is 2.50. The molecule has 0 aromatic heterocycles. The molecule has 1 fully saturated rings. The van der Waals surface area contributed by atoms with E-state index in [1.165, 1.54) is 16.7 Å². The average molecular weight is 318 g/mol. The maximum absolute atomic E-state index is 10.7. The Bertz CT molecular complexity index is 557. The highest BCUT2D eigenvalue weighted by molar-refractivity contribution is 5.32. The molecule has 0 spiro atoms. The van der Waals surface area contributed by atoms with Crippen LogP contribution in [0.15, 0.2) is 34.4 Å². The third-order valence-electron chi connectivity index (χ3n) is 5.56. The summed E-state index contributed by atoms with van der Waals surface area (Å²) >= 11 is 0. The van der Waals surface area contributed by atoms with E-state index in [0.29, 0.717) is 19.1 Å². The van der Waals surface area contributed by atoms with Gasteiger partial charge in [-0.25, -0.2) is 0 Å². The largest absolute Gasteiger partial charge is 0.388 e. The van der Waals surface area contributed by atoms with E-state index in [0.717, 1.165) is 31.3 Å². The van der Waals surface area contributed by atoms with E-state index < -0.39 is 6.10 Å². The lowest BCUT2D eigenvalue weighted by Gasteiger charge is -2.19. The van der Waals surface area contributed by atoms with Gasteiger partial charge < -0.3 is 14.6 Å². The van der Waals surface area contributed by atoms with Crippen molar-refractivity contribution in [1.29, 1.82) is 0 Å². The van der Waals surface area contributed by atoms with Gasteiger partial charge in [-0.1, -0.05) is 23.3 Å². The summed E-state index contributed by atoms with van der Waals surface area (Å²) in [6.45, 7) is 9.22. The van der Waals surface area contributed by atoms with Gasteiger partial charge in [0.25, 0.3) is 0 Å². The van der Waals surface area contributed by atoms with Crippen molar-refractivity contribution in [3.8, 4) is 0 Å². The summed E-state index contributed by atoms with van der Waals surface area (Å²) in [5.41, 5.74) is 4.90. The first-order valence-electron chi connectivity index (χ1n) is 8.89. The predicted octanol–water partition coefficient (Wildman–Crippen LogP) is 4.08. The van der Waals surface area contributed by atoms with Gasteiger partial charge in [0.05, 0.1) is 24.4 Å². The highest BCUT2D eigenvalue weighted by atomic mass is 16.6. The van der Waals surface area contributed by atoms with E-state index in [9.17, 15) is 5.11 Å². The number of epoxide rings is 1. The van der Waals surface area contributed by atoms with Crippen molar-refractivity contribution < 1.29 is 14.6 Å². The first-order valence-corrected chi connectivity index (χ1v) is 8.89. The second-order valence-electron chi connectivity index (χ2n) is 7.75. The summed E-state index contributed by atoms with van der Waals surface area (Å²) in [6, 6.07) is 0. The Balaban J connectivity index is 1.82. The van der Waals surface area contributed by atoms with Crippen LogP contribution in [0.1, 0.15) is 59.8 Å². The van der Waals surface area contributed by atoms with E-state index >= 15 is 0 Å². The fraction of sp³-hybridized carbons (Fsp3) is 0.700. The maximum atomic E-state index is 10.7. The molecule has 0 bridgehead atoms. The molecule has 3 nitrogen and oxygen atoms in total. The molecule has 2 heterocycles. The molecule has 2 aliphatic heterocycles. The molecule has 0 unspecified atom stereocenters. The van der Waals surface area contributed by atoms with Gasteiger partial charge in [0, 0.05) is 0 Å². The molecule has 4 atom stereocenters. The smallest absolute Gasteiger partial charge is 0.100 e. The Morgan fingerprint density at radius 1 is 1.22 bits per heavy atom. The van der Waals surface area contributed by atoms with Crippen LogP contribution in [0.5, 0.6) is 0 Å².